The minimum absolute atomic E-state index is 0.0503. The first-order valence-corrected chi connectivity index (χ1v) is 7.93. The number of nitrogens with zero attached hydrogens (tertiary/aromatic N) is 2. The summed E-state index contributed by atoms with van der Waals surface area (Å²) in [5.74, 6) is -0.957. The quantitative estimate of drug-likeness (QED) is 0.670. The van der Waals surface area contributed by atoms with Crippen LogP contribution in [0.25, 0.3) is 0 Å². The van der Waals surface area contributed by atoms with Gasteiger partial charge in [-0.2, -0.15) is 0 Å². The van der Waals surface area contributed by atoms with Crippen LogP contribution in [0.5, 0.6) is 0 Å². The number of benzene rings is 2. The van der Waals surface area contributed by atoms with E-state index >= 15 is 0 Å². The number of carbonyl (C=O) groups is 2. The highest BCUT2D eigenvalue weighted by atomic mass is 35.5. The van der Waals surface area contributed by atoms with E-state index in [1.54, 1.807) is 24.3 Å². The SMILES string of the molecule is O=C(Nc1cccc(Cl)c1)[C@H]1CC(=O)N(c2ccc([N+](=O)[O-])cc2)C1. The fraction of sp³-hybridized carbons (Fsp3) is 0.176. The molecule has 0 aliphatic carbocycles. The predicted octanol–water partition coefficient (Wildman–Crippen LogP) is 3.24. The van der Waals surface area contributed by atoms with Gasteiger partial charge in [-0.25, -0.2) is 0 Å². The fourth-order valence-corrected chi connectivity index (χ4v) is 2.89. The van der Waals surface area contributed by atoms with Gasteiger partial charge in [0.2, 0.25) is 11.8 Å². The summed E-state index contributed by atoms with van der Waals surface area (Å²) in [5, 5.41) is 14.0. The second kappa shape index (κ2) is 6.90. The molecule has 0 bridgehead atoms. The topological polar surface area (TPSA) is 92.6 Å². The van der Waals surface area contributed by atoms with Gasteiger partial charge in [0.1, 0.15) is 0 Å². The highest BCUT2D eigenvalue weighted by molar-refractivity contribution is 6.30. The third-order valence-electron chi connectivity index (χ3n) is 3.96. The van der Waals surface area contributed by atoms with E-state index in [-0.39, 0.29) is 30.5 Å². The van der Waals surface area contributed by atoms with Crippen LogP contribution in [-0.2, 0) is 9.59 Å². The lowest BCUT2D eigenvalue weighted by Gasteiger charge is -2.16. The van der Waals surface area contributed by atoms with Crippen LogP contribution in [0.4, 0.5) is 17.1 Å². The van der Waals surface area contributed by atoms with Gasteiger partial charge in [0, 0.05) is 41.5 Å². The molecule has 1 atom stereocenters. The summed E-state index contributed by atoms with van der Waals surface area (Å²) in [6, 6.07) is 12.5. The Morgan fingerprint density at radius 3 is 2.60 bits per heavy atom. The van der Waals surface area contributed by atoms with Crippen molar-refractivity contribution in [1.82, 2.24) is 0 Å². The molecule has 25 heavy (non-hydrogen) atoms. The standard InChI is InChI=1S/C17H14ClN3O4/c18-12-2-1-3-13(9-12)19-17(23)11-8-16(22)20(10-11)14-4-6-15(7-5-14)21(24)25/h1-7,9,11H,8,10H2,(H,19,23)/t11-/m0/s1. The lowest BCUT2D eigenvalue weighted by atomic mass is 10.1. The van der Waals surface area contributed by atoms with Crippen molar-refractivity contribution >= 4 is 40.5 Å². The number of anilines is 2. The average Bonchev–Trinajstić information content (AvgIpc) is 2.97. The molecule has 8 heteroatoms. The fourth-order valence-electron chi connectivity index (χ4n) is 2.70. The summed E-state index contributed by atoms with van der Waals surface area (Å²) >= 11 is 5.89. The van der Waals surface area contributed by atoms with Crippen LogP contribution in [0, 0.1) is 16.0 Å². The van der Waals surface area contributed by atoms with E-state index in [0.29, 0.717) is 16.4 Å². The van der Waals surface area contributed by atoms with E-state index in [1.165, 1.54) is 29.2 Å². The van der Waals surface area contributed by atoms with Gasteiger partial charge in [0.05, 0.1) is 10.8 Å². The molecule has 2 aromatic carbocycles. The van der Waals surface area contributed by atoms with Crippen molar-refractivity contribution in [2.45, 2.75) is 6.42 Å². The van der Waals surface area contributed by atoms with E-state index < -0.39 is 10.8 Å². The first-order chi connectivity index (χ1) is 11.9. The van der Waals surface area contributed by atoms with Gasteiger partial charge in [-0.05, 0) is 30.3 Å². The van der Waals surface area contributed by atoms with Crippen LogP contribution in [0.3, 0.4) is 0 Å². The monoisotopic (exact) mass is 359 g/mol. The Morgan fingerprint density at radius 2 is 1.96 bits per heavy atom. The first kappa shape index (κ1) is 16.9. The van der Waals surface area contributed by atoms with Crippen LogP contribution in [-0.4, -0.2) is 23.3 Å². The van der Waals surface area contributed by atoms with E-state index in [0.717, 1.165) is 0 Å². The Hall–Kier alpha value is -2.93. The smallest absolute Gasteiger partial charge is 0.269 e. The number of hydrogen-bond donors (Lipinski definition) is 1. The molecule has 0 radical (unpaired) electrons. The lowest BCUT2D eigenvalue weighted by molar-refractivity contribution is -0.384. The second-order valence-corrected chi connectivity index (χ2v) is 6.11. The molecule has 128 valence electrons. The molecular weight excluding hydrogens is 346 g/mol. The van der Waals surface area contributed by atoms with Crippen molar-refractivity contribution < 1.29 is 14.5 Å². The Bertz CT molecular complexity index is 838. The molecule has 3 rings (SSSR count). The molecule has 0 saturated carbocycles. The van der Waals surface area contributed by atoms with Crippen LogP contribution >= 0.6 is 11.6 Å². The number of hydrogen-bond acceptors (Lipinski definition) is 4. The summed E-state index contributed by atoms with van der Waals surface area (Å²) in [6.45, 7) is 0.225. The third-order valence-corrected chi connectivity index (χ3v) is 4.20. The van der Waals surface area contributed by atoms with Crippen LogP contribution < -0.4 is 10.2 Å². The predicted molar refractivity (Wildman–Crippen MR) is 93.6 cm³/mol. The van der Waals surface area contributed by atoms with E-state index in [9.17, 15) is 19.7 Å². The summed E-state index contributed by atoms with van der Waals surface area (Å²) in [4.78, 5) is 36.2. The maximum atomic E-state index is 12.4. The molecule has 0 aromatic heterocycles. The van der Waals surface area contributed by atoms with Gasteiger partial charge in [-0.15, -0.1) is 0 Å². The van der Waals surface area contributed by atoms with Gasteiger partial charge >= 0.3 is 0 Å². The van der Waals surface area contributed by atoms with E-state index in [4.69, 9.17) is 11.6 Å². The largest absolute Gasteiger partial charge is 0.326 e. The number of carbonyl (C=O) groups excluding carboxylic acids is 2. The minimum atomic E-state index is -0.503. The third kappa shape index (κ3) is 3.77. The maximum Gasteiger partial charge on any atom is 0.269 e. The Balaban J connectivity index is 1.69. The molecule has 2 aromatic rings. The molecule has 0 spiro atoms. The molecule has 0 unspecified atom stereocenters. The number of rotatable bonds is 4. The van der Waals surface area contributed by atoms with E-state index in [2.05, 4.69) is 5.32 Å². The summed E-state index contributed by atoms with van der Waals surface area (Å²) in [7, 11) is 0. The minimum Gasteiger partial charge on any atom is -0.326 e. The zero-order chi connectivity index (χ0) is 18.0. The van der Waals surface area contributed by atoms with Crippen LogP contribution in [0.2, 0.25) is 5.02 Å². The average molecular weight is 360 g/mol. The normalized spacial score (nSPS) is 16.8. The molecule has 1 N–H and O–H groups in total. The molecule has 1 aliphatic heterocycles. The van der Waals surface area contributed by atoms with Gasteiger partial charge in [-0.1, -0.05) is 17.7 Å². The van der Waals surface area contributed by atoms with Gasteiger partial charge in [-0.3, -0.25) is 19.7 Å². The Labute approximate surface area is 148 Å². The van der Waals surface area contributed by atoms with Crippen LogP contribution in [0.1, 0.15) is 6.42 Å². The Morgan fingerprint density at radius 1 is 1.24 bits per heavy atom. The first-order valence-electron chi connectivity index (χ1n) is 7.55. The number of nitro benzene ring substituents is 1. The molecule has 1 fully saturated rings. The van der Waals surface area contributed by atoms with E-state index in [1.807, 2.05) is 0 Å². The number of non-ortho nitro benzene ring substituents is 1. The number of nitrogens with one attached hydrogen (secondary N) is 1. The lowest BCUT2D eigenvalue weighted by Crippen LogP contribution is -2.28. The van der Waals surface area contributed by atoms with Gasteiger partial charge < -0.3 is 10.2 Å². The van der Waals surface area contributed by atoms with Crippen molar-refractivity contribution in [2.24, 2.45) is 5.92 Å². The summed E-state index contributed by atoms with van der Waals surface area (Å²) in [6.07, 6.45) is 0.0867. The van der Waals surface area contributed by atoms with Crippen molar-refractivity contribution in [3.05, 3.63) is 63.7 Å². The molecule has 1 aliphatic rings. The molecule has 2 amide bonds. The van der Waals surface area contributed by atoms with Crippen molar-refractivity contribution in [3.8, 4) is 0 Å². The Kier molecular flexibility index (Phi) is 4.67. The van der Waals surface area contributed by atoms with Crippen LogP contribution in [0.15, 0.2) is 48.5 Å². The molecule has 1 saturated heterocycles. The maximum absolute atomic E-state index is 12.4. The molecular formula is C17H14ClN3O4. The summed E-state index contributed by atoms with van der Waals surface area (Å²) in [5.41, 5.74) is 1.05. The number of nitro groups is 1. The van der Waals surface area contributed by atoms with Crippen molar-refractivity contribution in [2.75, 3.05) is 16.8 Å². The highest BCUT2D eigenvalue weighted by Crippen LogP contribution is 2.27. The molecule has 7 nitrogen and oxygen atoms in total. The number of amides is 2. The number of halogens is 1. The van der Waals surface area contributed by atoms with Gasteiger partial charge in [0.15, 0.2) is 0 Å². The van der Waals surface area contributed by atoms with Crippen molar-refractivity contribution in [1.29, 1.82) is 0 Å². The zero-order valence-electron chi connectivity index (χ0n) is 13.0. The summed E-state index contributed by atoms with van der Waals surface area (Å²) < 4.78 is 0. The van der Waals surface area contributed by atoms with Crippen molar-refractivity contribution in [3.63, 3.8) is 0 Å². The van der Waals surface area contributed by atoms with Gasteiger partial charge in [0.25, 0.3) is 5.69 Å². The highest BCUT2D eigenvalue weighted by Gasteiger charge is 2.35. The molecule has 1 heterocycles. The zero-order valence-corrected chi connectivity index (χ0v) is 13.8. The second-order valence-electron chi connectivity index (χ2n) is 5.68.